The van der Waals surface area contributed by atoms with Crippen molar-refractivity contribution in [2.45, 2.75) is 41.5 Å². The number of hydrogen-bond donors (Lipinski definition) is 2. The van der Waals surface area contributed by atoms with E-state index in [1.807, 2.05) is 0 Å². The average molecular weight is 322 g/mol. The fourth-order valence-corrected chi connectivity index (χ4v) is 2.52. The van der Waals surface area contributed by atoms with Crippen LogP contribution in [0.1, 0.15) is 41.5 Å². The molecule has 0 unspecified atom stereocenters. The molecule has 0 aromatic rings. The second-order valence-corrected chi connectivity index (χ2v) is 8.52. The topological polar surface area (TPSA) is 128 Å². The molecule has 0 aromatic heterocycles. The molecule has 122 valence electrons. The summed E-state index contributed by atoms with van der Waals surface area (Å²) in [6, 6.07) is 0. The highest BCUT2D eigenvalue weighted by Crippen LogP contribution is 2.50. The zero-order valence-electron chi connectivity index (χ0n) is 13.2. The van der Waals surface area contributed by atoms with Gasteiger partial charge in [-0.2, -0.15) is 0 Å². The Morgan fingerprint density at radius 3 is 1.62 bits per heavy atom. The smallest absolute Gasteiger partial charge is 0.409 e. The first-order valence-corrected chi connectivity index (χ1v) is 7.97. The number of nitrogens with two attached hydrogens (primary N) is 1. The Hall–Kier alpha value is -1.56. The molecule has 0 saturated carbocycles. The molecule has 0 atom stereocenters. The number of oxime groups is 1. The van der Waals surface area contributed by atoms with E-state index in [0.717, 1.165) is 0 Å². The third-order valence-corrected chi connectivity index (χ3v) is 3.75. The van der Waals surface area contributed by atoms with Crippen LogP contribution >= 0.6 is 7.60 Å². The maximum absolute atomic E-state index is 12.5. The maximum Gasteiger partial charge on any atom is 0.442 e. The van der Waals surface area contributed by atoms with E-state index in [-0.39, 0.29) is 0 Å². The Bertz CT molecular complexity index is 455. The third kappa shape index (κ3) is 6.62. The van der Waals surface area contributed by atoms with E-state index in [0.29, 0.717) is 0 Å². The molecule has 0 rings (SSSR count). The number of rotatable bonds is 4. The minimum Gasteiger partial charge on any atom is -0.409 e. The van der Waals surface area contributed by atoms with Crippen LogP contribution in [0, 0.1) is 10.8 Å². The van der Waals surface area contributed by atoms with Crippen molar-refractivity contribution >= 4 is 25.4 Å². The Labute approximate surface area is 124 Å². The van der Waals surface area contributed by atoms with E-state index in [1.54, 1.807) is 41.5 Å². The van der Waals surface area contributed by atoms with Gasteiger partial charge in [0.05, 0.1) is 10.8 Å². The Morgan fingerprint density at radius 2 is 1.38 bits per heavy atom. The minimum atomic E-state index is -4.21. The SMILES string of the molecule is CC(C)(C)C(=O)OP(=O)(CC(N)=NO)OC(=O)C(C)(C)C. The summed E-state index contributed by atoms with van der Waals surface area (Å²) in [5.74, 6) is -2.11. The third-order valence-electron chi connectivity index (χ3n) is 2.15. The summed E-state index contributed by atoms with van der Waals surface area (Å²) < 4.78 is 22.2. The van der Waals surface area contributed by atoms with Crippen molar-refractivity contribution in [2.24, 2.45) is 21.7 Å². The summed E-state index contributed by atoms with van der Waals surface area (Å²) in [5, 5.41) is 11.2. The van der Waals surface area contributed by atoms with Gasteiger partial charge < -0.3 is 20.0 Å². The van der Waals surface area contributed by atoms with Crippen molar-refractivity contribution in [1.82, 2.24) is 0 Å². The van der Waals surface area contributed by atoms with Gasteiger partial charge >= 0.3 is 19.5 Å². The molecular weight excluding hydrogens is 299 g/mol. The normalized spacial score (nSPS) is 13.7. The molecule has 8 nitrogen and oxygen atoms in total. The first-order valence-electron chi connectivity index (χ1n) is 6.25. The molecular formula is C12H23N2O6P. The zero-order valence-corrected chi connectivity index (χ0v) is 14.1. The van der Waals surface area contributed by atoms with Crippen molar-refractivity contribution in [3.63, 3.8) is 0 Å². The molecule has 0 aliphatic rings. The lowest BCUT2D eigenvalue weighted by Gasteiger charge is -2.25. The first-order chi connectivity index (χ1) is 9.21. The number of nitrogens with zero attached hydrogens (tertiary/aromatic N) is 1. The van der Waals surface area contributed by atoms with Crippen molar-refractivity contribution < 1.29 is 28.4 Å². The Kier molecular flexibility index (Phi) is 5.99. The number of hydrogen-bond acceptors (Lipinski definition) is 7. The number of carbonyl (C=O) groups excluding carboxylic acids is 2. The van der Waals surface area contributed by atoms with Gasteiger partial charge in [-0.1, -0.05) is 5.16 Å². The lowest BCUT2D eigenvalue weighted by molar-refractivity contribution is -0.147. The minimum absolute atomic E-state index is 0.471. The monoisotopic (exact) mass is 322 g/mol. The van der Waals surface area contributed by atoms with Crippen LogP contribution in [-0.2, 0) is 23.2 Å². The highest BCUT2D eigenvalue weighted by atomic mass is 31.2. The van der Waals surface area contributed by atoms with Crippen LogP contribution in [0.2, 0.25) is 0 Å². The predicted molar refractivity (Wildman–Crippen MR) is 77.0 cm³/mol. The standard InChI is InChI=1S/C12H23N2O6P/c1-11(2,3)9(15)19-21(18,7-8(13)14-17)20-10(16)12(4,5)6/h17H,7H2,1-6H3,(H2,13,14). The second kappa shape index (κ2) is 6.47. The van der Waals surface area contributed by atoms with Gasteiger partial charge in [0.25, 0.3) is 0 Å². The largest absolute Gasteiger partial charge is 0.442 e. The molecule has 0 fully saturated rings. The maximum atomic E-state index is 12.5. The van der Waals surface area contributed by atoms with E-state index >= 15 is 0 Å². The summed E-state index contributed by atoms with van der Waals surface area (Å²) >= 11 is 0. The predicted octanol–water partition coefficient (Wildman–Crippen LogP) is 2.10. The summed E-state index contributed by atoms with van der Waals surface area (Å²) in [6.45, 7) is 9.30. The second-order valence-electron chi connectivity index (χ2n) is 6.62. The summed E-state index contributed by atoms with van der Waals surface area (Å²) in [7, 11) is -4.21. The van der Waals surface area contributed by atoms with Gasteiger partial charge in [0.15, 0.2) is 5.84 Å². The van der Waals surface area contributed by atoms with Crippen LogP contribution in [0.25, 0.3) is 0 Å². The van der Waals surface area contributed by atoms with E-state index in [4.69, 9.17) is 20.0 Å². The fraction of sp³-hybridized carbons (Fsp3) is 0.750. The molecule has 0 radical (unpaired) electrons. The van der Waals surface area contributed by atoms with Gasteiger partial charge in [0.1, 0.15) is 6.16 Å². The molecule has 0 bridgehead atoms. The van der Waals surface area contributed by atoms with E-state index in [9.17, 15) is 14.2 Å². The molecule has 21 heavy (non-hydrogen) atoms. The molecule has 0 aromatic carbocycles. The number of carbonyl (C=O) groups is 2. The van der Waals surface area contributed by atoms with Crippen molar-refractivity contribution in [3.05, 3.63) is 0 Å². The Balaban J connectivity index is 5.35. The van der Waals surface area contributed by atoms with Gasteiger partial charge in [-0.05, 0) is 41.5 Å². The molecule has 9 heteroatoms. The molecule has 0 spiro atoms. The molecule has 0 aliphatic carbocycles. The lowest BCUT2D eigenvalue weighted by Crippen LogP contribution is -2.29. The van der Waals surface area contributed by atoms with Crippen LogP contribution in [0.5, 0.6) is 0 Å². The average Bonchev–Trinajstić information content (AvgIpc) is 2.25. The van der Waals surface area contributed by atoms with E-state index in [1.165, 1.54) is 0 Å². The highest BCUT2D eigenvalue weighted by Gasteiger charge is 2.40. The molecule has 0 saturated heterocycles. The van der Waals surface area contributed by atoms with Crippen molar-refractivity contribution in [1.29, 1.82) is 0 Å². The molecule has 3 N–H and O–H groups in total. The zero-order chi connectivity index (χ0) is 17.1. The summed E-state index contributed by atoms with van der Waals surface area (Å²) in [6.07, 6.45) is -0.673. The first kappa shape index (κ1) is 19.4. The quantitative estimate of drug-likeness (QED) is 0.266. The van der Waals surface area contributed by atoms with Crippen LogP contribution in [0.3, 0.4) is 0 Å². The van der Waals surface area contributed by atoms with Gasteiger partial charge in [-0.3, -0.25) is 9.59 Å². The van der Waals surface area contributed by atoms with Crippen LogP contribution in [0.15, 0.2) is 5.16 Å². The summed E-state index contributed by atoms with van der Waals surface area (Å²) in [4.78, 5) is 23.7. The van der Waals surface area contributed by atoms with Crippen molar-refractivity contribution in [3.8, 4) is 0 Å². The van der Waals surface area contributed by atoms with Gasteiger partial charge in [0, 0.05) is 0 Å². The van der Waals surface area contributed by atoms with E-state index in [2.05, 4.69) is 5.16 Å². The van der Waals surface area contributed by atoms with Crippen LogP contribution in [0.4, 0.5) is 0 Å². The van der Waals surface area contributed by atoms with Gasteiger partial charge in [0.2, 0.25) is 0 Å². The number of amidine groups is 1. The lowest BCUT2D eigenvalue weighted by atomic mass is 9.98. The summed E-state index contributed by atoms with van der Waals surface area (Å²) in [5.41, 5.74) is 3.37. The van der Waals surface area contributed by atoms with Crippen molar-refractivity contribution in [2.75, 3.05) is 6.16 Å². The van der Waals surface area contributed by atoms with Crippen LogP contribution < -0.4 is 5.73 Å². The molecule has 0 aliphatic heterocycles. The Morgan fingerprint density at radius 1 is 1.05 bits per heavy atom. The van der Waals surface area contributed by atoms with Gasteiger partial charge in [-0.15, -0.1) is 0 Å². The van der Waals surface area contributed by atoms with E-state index < -0.39 is 42.4 Å². The highest BCUT2D eigenvalue weighted by molar-refractivity contribution is 7.56. The fourth-order valence-electron chi connectivity index (χ4n) is 0.840. The van der Waals surface area contributed by atoms with Gasteiger partial charge in [-0.25, -0.2) is 4.57 Å². The van der Waals surface area contributed by atoms with Crippen LogP contribution in [-0.4, -0.2) is 29.1 Å². The molecule has 0 amide bonds. The molecule has 0 heterocycles.